The third kappa shape index (κ3) is 2.10. The van der Waals surface area contributed by atoms with Crippen LogP contribution in [0.1, 0.15) is 23.3 Å². The van der Waals surface area contributed by atoms with Gasteiger partial charge in [0.25, 0.3) is 5.91 Å². The van der Waals surface area contributed by atoms with Gasteiger partial charge in [0.05, 0.1) is 23.7 Å². The summed E-state index contributed by atoms with van der Waals surface area (Å²) in [6.45, 7) is 3.14. The topological polar surface area (TPSA) is 70.1 Å². The fraction of sp³-hybridized carbons (Fsp3) is 0.429. The highest BCUT2D eigenvalue weighted by Crippen LogP contribution is 2.23. The molecule has 1 aliphatic heterocycles. The van der Waals surface area contributed by atoms with Gasteiger partial charge in [0.1, 0.15) is 0 Å². The summed E-state index contributed by atoms with van der Waals surface area (Å²) in [7, 11) is 0. The summed E-state index contributed by atoms with van der Waals surface area (Å²) < 4.78 is 6.87. The lowest BCUT2D eigenvalue weighted by Crippen LogP contribution is -2.30. The van der Waals surface area contributed by atoms with Crippen molar-refractivity contribution in [1.82, 2.24) is 9.78 Å². The molecule has 2 heterocycles. The number of aryl methyl sites for hydroxylation is 1. The van der Waals surface area contributed by atoms with Crippen molar-refractivity contribution in [3.05, 3.63) is 23.9 Å². The van der Waals surface area contributed by atoms with Crippen LogP contribution in [0.5, 0.6) is 0 Å². The van der Waals surface area contributed by atoms with E-state index in [2.05, 4.69) is 5.10 Å². The van der Waals surface area contributed by atoms with Crippen LogP contribution in [0.3, 0.4) is 0 Å². The summed E-state index contributed by atoms with van der Waals surface area (Å²) in [5.41, 5.74) is 8.08. The van der Waals surface area contributed by atoms with Gasteiger partial charge in [0.2, 0.25) is 0 Å². The zero-order valence-corrected chi connectivity index (χ0v) is 10.9. The van der Waals surface area contributed by atoms with Crippen molar-refractivity contribution in [3.8, 4) is 0 Å². The lowest BCUT2D eigenvalue weighted by atomic mass is 10.0. The Hall–Kier alpha value is -1.88. The molecular formula is C14H17N3O2. The second-order valence-electron chi connectivity index (χ2n) is 5.03. The van der Waals surface area contributed by atoms with Crippen LogP contribution in [0.4, 0.5) is 5.69 Å². The number of nitrogen functional groups attached to an aromatic ring is 1. The van der Waals surface area contributed by atoms with Crippen molar-refractivity contribution >= 4 is 22.5 Å². The van der Waals surface area contributed by atoms with Crippen molar-refractivity contribution < 1.29 is 9.53 Å². The summed E-state index contributed by atoms with van der Waals surface area (Å²) in [5, 5.41) is 5.33. The monoisotopic (exact) mass is 259 g/mol. The molecule has 5 nitrogen and oxygen atoms in total. The number of hydrogen-bond acceptors (Lipinski definition) is 4. The SMILES string of the molecule is Cc1nn(C(=O)C2CCCOC2)c2cc(N)ccc12. The average Bonchev–Trinajstić information content (AvgIpc) is 2.75. The molecule has 2 aromatic rings. The molecule has 1 aromatic carbocycles. The first-order valence-corrected chi connectivity index (χ1v) is 6.53. The Morgan fingerprint density at radius 3 is 3.11 bits per heavy atom. The number of anilines is 1. The van der Waals surface area contributed by atoms with Crippen molar-refractivity contribution in [2.45, 2.75) is 19.8 Å². The predicted molar refractivity (Wildman–Crippen MR) is 73.1 cm³/mol. The Kier molecular flexibility index (Phi) is 2.98. The predicted octanol–water partition coefficient (Wildman–Crippen LogP) is 1.99. The number of benzene rings is 1. The zero-order valence-electron chi connectivity index (χ0n) is 10.9. The molecule has 1 atom stereocenters. The van der Waals surface area contributed by atoms with E-state index in [4.69, 9.17) is 10.5 Å². The van der Waals surface area contributed by atoms with Gasteiger partial charge in [-0.15, -0.1) is 0 Å². The molecule has 3 rings (SSSR count). The third-order valence-corrected chi connectivity index (χ3v) is 3.61. The van der Waals surface area contributed by atoms with E-state index >= 15 is 0 Å². The van der Waals surface area contributed by atoms with Gasteiger partial charge in [-0.1, -0.05) is 0 Å². The number of carbonyl (C=O) groups excluding carboxylic acids is 1. The number of ether oxygens (including phenoxy) is 1. The standard InChI is InChI=1S/C14H17N3O2/c1-9-12-5-4-11(15)7-13(12)17(16-9)14(18)10-3-2-6-19-8-10/h4-5,7,10H,2-3,6,8,15H2,1H3. The molecule has 1 unspecified atom stereocenters. The molecule has 1 aromatic heterocycles. The van der Waals surface area contributed by atoms with Crippen LogP contribution in [0.25, 0.3) is 10.9 Å². The molecule has 2 N–H and O–H groups in total. The zero-order chi connectivity index (χ0) is 13.4. The third-order valence-electron chi connectivity index (χ3n) is 3.61. The first-order valence-electron chi connectivity index (χ1n) is 6.53. The van der Waals surface area contributed by atoms with Crippen molar-refractivity contribution in [2.75, 3.05) is 18.9 Å². The van der Waals surface area contributed by atoms with Crippen molar-refractivity contribution in [1.29, 1.82) is 0 Å². The molecule has 0 aliphatic carbocycles. The van der Waals surface area contributed by atoms with Gasteiger partial charge in [0, 0.05) is 17.7 Å². The summed E-state index contributed by atoms with van der Waals surface area (Å²) in [6, 6.07) is 5.54. The largest absolute Gasteiger partial charge is 0.399 e. The number of fused-ring (bicyclic) bond motifs is 1. The number of aromatic nitrogens is 2. The minimum atomic E-state index is -0.0994. The highest BCUT2D eigenvalue weighted by atomic mass is 16.5. The molecule has 100 valence electrons. The van der Waals surface area contributed by atoms with Crippen LogP contribution in [0.15, 0.2) is 18.2 Å². The maximum absolute atomic E-state index is 12.5. The molecule has 0 amide bonds. The van der Waals surface area contributed by atoms with Crippen LogP contribution >= 0.6 is 0 Å². The average molecular weight is 259 g/mol. The highest BCUT2D eigenvalue weighted by Gasteiger charge is 2.25. The fourth-order valence-corrected chi connectivity index (χ4v) is 2.56. The van der Waals surface area contributed by atoms with E-state index in [9.17, 15) is 4.79 Å². The quantitative estimate of drug-likeness (QED) is 0.795. The maximum atomic E-state index is 12.5. The summed E-state index contributed by atoms with van der Waals surface area (Å²) >= 11 is 0. The second-order valence-corrected chi connectivity index (χ2v) is 5.03. The number of hydrogen-bond donors (Lipinski definition) is 1. The van der Waals surface area contributed by atoms with E-state index in [0.29, 0.717) is 12.3 Å². The Morgan fingerprint density at radius 2 is 2.37 bits per heavy atom. The van der Waals surface area contributed by atoms with Crippen LogP contribution in [-0.2, 0) is 4.74 Å². The molecule has 1 aliphatic rings. The van der Waals surface area contributed by atoms with E-state index in [1.165, 1.54) is 4.68 Å². The Bertz CT molecular complexity index is 627. The maximum Gasteiger partial charge on any atom is 0.252 e. The van der Waals surface area contributed by atoms with Crippen molar-refractivity contribution in [2.24, 2.45) is 5.92 Å². The molecule has 1 saturated heterocycles. The first-order chi connectivity index (χ1) is 9.16. The molecule has 0 saturated carbocycles. The highest BCUT2D eigenvalue weighted by molar-refractivity contribution is 5.94. The Morgan fingerprint density at radius 1 is 1.53 bits per heavy atom. The number of nitrogens with zero attached hydrogens (tertiary/aromatic N) is 2. The van der Waals surface area contributed by atoms with Gasteiger partial charge in [0.15, 0.2) is 0 Å². The first kappa shape index (κ1) is 12.2. The molecule has 0 spiro atoms. The fourth-order valence-electron chi connectivity index (χ4n) is 2.56. The van der Waals surface area contributed by atoms with Gasteiger partial charge in [-0.3, -0.25) is 4.79 Å². The van der Waals surface area contributed by atoms with E-state index in [1.807, 2.05) is 19.1 Å². The van der Waals surface area contributed by atoms with E-state index < -0.39 is 0 Å². The molecule has 19 heavy (non-hydrogen) atoms. The van der Waals surface area contributed by atoms with Gasteiger partial charge >= 0.3 is 0 Å². The normalized spacial score (nSPS) is 19.7. The van der Waals surface area contributed by atoms with Gasteiger partial charge in [-0.05, 0) is 38.0 Å². The summed E-state index contributed by atoms with van der Waals surface area (Å²) in [5.74, 6) is -0.0962. The van der Waals surface area contributed by atoms with E-state index in [0.717, 1.165) is 36.0 Å². The van der Waals surface area contributed by atoms with Crippen molar-refractivity contribution in [3.63, 3.8) is 0 Å². The van der Waals surface area contributed by atoms with Crippen LogP contribution in [-0.4, -0.2) is 28.9 Å². The van der Waals surface area contributed by atoms with E-state index in [1.54, 1.807) is 6.07 Å². The molecule has 5 heteroatoms. The lowest BCUT2D eigenvalue weighted by molar-refractivity contribution is 0.0395. The van der Waals surface area contributed by atoms with Gasteiger partial charge < -0.3 is 10.5 Å². The minimum absolute atomic E-state index is 0.00315. The molecular weight excluding hydrogens is 242 g/mol. The number of nitrogens with two attached hydrogens (primary N) is 1. The van der Waals surface area contributed by atoms with Crippen LogP contribution in [0.2, 0.25) is 0 Å². The van der Waals surface area contributed by atoms with Gasteiger partial charge in [-0.25, -0.2) is 0 Å². The molecule has 0 radical (unpaired) electrons. The Balaban J connectivity index is 2.04. The molecule has 0 bridgehead atoms. The smallest absolute Gasteiger partial charge is 0.252 e. The minimum Gasteiger partial charge on any atom is -0.399 e. The lowest BCUT2D eigenvalue weighted by Gasteiger charge is -2.20. The molecule has 1 fully saturated rings. The van der Waals surface area contributed by atoms with Crippen LogP contribution in [0, 0.1) is 12.8 Å². The number of carbonyl (C=O) groups is 1. The number of rotatable bonds is 1. The van der Waals surface area contributed by atoms with E-state index in [-0.39, 0.29) is 11.8 Å². The van der Waals surface area contributed by atoms with Gasteiger partial charge in [-0.2, -0.15) is 9.78 Å². The Labute approximate surface area is 111 Å². The summed E-state index contributed by atoms with van der Waals surface area (Å²) in [6.07, 6.45) is 1.79. The second kappa shape index (κ2) is 4.66. The van der Waals surface area contributed by atoms with Crippen LogP contribution < -0.4 is 5.73 Å². The summed E-state index contributed by atoms with van der Waals surface area (Å²) in [4.78, 5) is 12.5.